The van der Waals surface area contributed by atoms with Crippen molar-refractivity contribution in [1.82, 2.24) is 4.98 Å². The number of amides is 1. The smallest absolute Gasteiger partial charge is 0.255 e. The molecule has 0 spiro atoms. The van der Waals surface area contributed by atoms with E-state index in [1.807, 2.05) is 0 Å². The van der Waals surface area contributed by atoms with E-state index in [1.54, 1.807) is 44.4 Å². The number of methoxy groups -OCH3 is 1. The summed E-state index contributed by atoms with van der Waals surface area (Å²) in [6, 6.07) is 8.48. The van der Waals surface area contributed by atoms with E-state index < -0.39 is 0 Å². The van der Waals surface area contributed by atoms with Crippen LogP contribution in [0.1, 0.15) is 16.1 Å². The van der Waals surface area contributed by atoms with Crippen LogP contribution in [-0.4, -0.2) is 18.0 Å². The van der Waals surface area contributed by atoms with Crippen molar-refractivity contribution in [3.8, 4) is 5.75 Å². The van der Waals surface area contributed by atoms with Gasteiger partial charge in [-0.15, -0.1) is 0 Å². The van der Waals surface area contributed by atoms with Crippen molar-refractivity contribution in [3.05, 3.63) is 51.2 Å². The molecule has 20 heavy (non-hydrogen) atoms. The number of carbonyl (C=O) groups is 1. The van der Waals surface area contributed by atoms with Crippen LogP contribution >= 0.6 is 27.5 Å². The third-order valence-corrected chi connectivity index (χ3v) is 3.54. The molecule has 1 heterocycles. The van der Waals surface area contributed by atoms with Gasteiger partial charge in [0, 0.05) is 5.56 Å². The summed E-state index contributed by atoms with van der Waals surface area (Å²) in [5, 5.41) is 3.19. The zero-order chi connectivity index (χ0) is 14.7. The number of aryl methyl sites for hydroxylation is 1. The fraction of sp³-hybridized carbons (Fsp3) is 0.143. The van der Waals surface area contributed by atoms with Gasteiger partial charge in [0.2, 0.25) is 0 Å². The van der Waals surface area contributed by atoms with Gasteiger partial charge in [0.05, 0.1) is 23.0 Å². The molecule has 0 atom stereocenters. The van der Waals surface area contributed by atoms with Gasteiger partial charge in [-0.3, -0.25) is 4.79 Å². The van der Waals surface area contributed by atoms with Crippen molar-refractivity contribution in [3.63, 3.8) is 0 Å². The molecular weight excluding hydrogens is 344 g/mol. The molecule has 104 valence electrons. The van der Waals surface area contributed by atoms with E-state index in [4.69, 9.17) is 16.3 Å². The molecule has 4 nitrogen and oxygen atoms in total. The summed E-state index contributed by atoms with van der Waals surface area (Å²) in [6.45, 7) is 1.78. The Morgan fingerprint density at radius 2 is 2.10 bits per heavy atom. The van der Waals surface area contributed by atoms with Crippen LogP contribution in [-0.2, 0) is 0 Å². The molecular formula is C14H12BrClN2O2. The molecule has 0 fully saturated rings. The van der Waals surface area contributed by atoms with E-state index in [0.29, 0.717) is 27.8 Å². The van der Waals surface area contributed by atoms with Crippen LogP contribution < -0.4 is 10.1 Å². The van der Waals surface area contributed by atoms with Crippen LogP contribution in [0, 0.1) is 6.92 Å². The summed E-state index contributed by atoms with van der Waals surface area (Å²) in [6.07, 6.45) is 0. The van der Waals surface area contributed by atoms with Crippen molar-refractivity contribution in [2.75, 3.05) is 12.4 Å². The van der Waals surface area contributed by atoms with Crippen LogP contribution in [0.4, 0.5) is 5.69 Å². The molecule has 0 aliphatic heterocycles. The molecule has 0 radical (unpaired) electrons. The first-order valence-corrected chi connectivity index (χ1v) is 6.96. The minimum atomic E-state index is -0.222. The number of anilines is 1. The SMILES string of the molecule is COc1ccc(C(=O)Nc2ccc(Cl)nc2C)cc1Br. The highest BCUT2D eigenvalue weighted by atomic mass is 79.9. The van der Waals surface area contributed by atoms with Crippen LogP contribution in [0.15, 0.2) is 34.8 Å². The van der Waals surface area contributed by atoms with Gasteiger partial charge in [-0.2, -0.15) is 0 Å². The van der Waals surface area contributed by atoms with E-state index in [2.05, 4.69) is 26.2 Å². The van der Waals surface area contributed by atoms with Crippen molar-refractivity contribution < 1.29 is 9.53 Å². The number of hydrogen-bond acceptors (Lipinski definition) is 3. The van der Waals surface area contributed by atoms with Gasteiger partial charge >= 0.3 is 0 Å². The van der Waals surface area contributed by atoms with E-state index in [1.165, 1.54) is 0 Å². The second-order valence-electron chi connectivity index (χ2n) is 4.07. The monoisotopic (exact) mass is 354 g/mol. The van der Waals surface area contributed by atoms with Crippen molar-refractivity contribution in [2.45, 2.75) is 6.92 Å². The predicted molar refractivity (Wildman–Crippen MR) is 82.6 cm³/mol. The standard InChI is InChI=1S/C14H12BrClN2O2/c1-8-11(4-6-13(16)17-8)18-14(19)9-3-5-12(20-2)10(15)7-9/h3-7H,1-2H3,(H,18,19). The molecule has 1 N–H and O–H groups in total. The highest BCUT2D eigenvalue weighted by Crippen LogP contribution is 2.26. The number of carbonyl (C=O) groups excluding carboxylic acids is 1. The Balaban J connectivity index is 2.21. The normalized spacial score (nSPS) is 10.2. The summed E-state index contributed by atoms with van der Waals surface area (Å²) < 4.78 is 5.85. The number of ether oxygens (including phenoxy) is 1. The first-order chi connectivity index (χ1) is 9.51. The minimum Gasteiger partial charge on any atom is -0.496 e. The molecule has 1 aromatic carbocycles. The lowest BCUT2D eigenvalue weighted by Crippen LogP contribution is -2.13. The van der Waals surface area contributed by atoms with Crippen LogP contribution in [0.3, 0.4) is 0 Å². The number of rotatable bonds is 3. The van der Waals surface area contributed by atoms with Gasteiger partial charge in [-0.05, 0) is 53.2 Å². The predicted octanol–water partition coefficient (Wildman–Crippen LogP) is 4.07. The van der Waals surface area contributed by atoms with Crippen molar-refractivity contribution >= 4 is 39.1 Å². The quantitative estimate of drug-likeness (QED) is 0.845. The number of halogens is 2. The average Bonchev–Trinajstić information content (AvgIpc) is 2.41. The van der Waals surface area contributed by atoms with Gasteiger partial charge in [0.1, 0.15) is 10.9 Å². The summed E-state index contributed by atoms with van der Waals surface area (Å²) >= 11 is 9.13. The Kier molecular flexibility index (Phi) is 4.62. The molecule has 0 saturated heterocycles. The lowest BCUT2D eigenvalue weighted by atomic mass is 10.2. The fourth-order valence-electron chi connectivity index (χ4n) is 1.66. The number of benzene rings is 1. The lowest BCUT2D eigenvalue weighted by molar-refractivity contribution is 0.102. The molecule has 2 aromatic rings. The number of nitrogens with one attached hydrogen (secondary N) is 1. The van der Waals surface area contributed by atoms with E-state index >= 15 is 0 Å². The largest absolute Gasteiger partial charge is 0.496 e. The summed E-state index contributed by atoms with van der Waals surface area (Å²) in [5.41, 5.74) is 1.82. The molecule has 0 saturated carbocycles. The Labute approximate surface area is 130 Å². The Hall–Kier alpha value is -1.59. The zero-order valence-electron chi connectivity index (χ0n) is 10.9. The highest BCUT2D eigenvalue weighted by Gasteiger charge is 2.11. The molecule has 1 aromatic heterocycles. The van der Waals surface area contributed by atoms with Gasteiger partial charge in [0.15, 0.2) is 0 Å². The summed E-state index contributed by atoms with van der Waals surface area (Å²) in [7, 11) is 1.57. The van der Waals surface area contributed by atoms with Gasteiger partial charge in [0.25, 0.3) is 5.91 Å². The maximum absolute atomic E-state index is 12.2. The third kappa shape index (κ3) is 3.29. The lowest BCUT2D eigenvalue weighted by Gasteiger charge is -2.09. The molecule has 1 amide bonds. The van der Waals surface area contributed by atoms with Gasteiger partial charge < -0.3 is 10.1 Å². The third-order valence-electron chi connectivity index (χ3n) is 2.71. The van der Waals surface area contributed by atoms with Crippen molar-refractivity contribution in [1.29, 1.82) is 0 Å². The van der Waals surface area contributed by atoms with Crippen LogP contribution in [0.5, 0.6) is 5.75 Å². The average molecular weight is 356 g/mol. The number of pyridine rings is 1. The molecule has 0 bridgehead atoms. The Morgan fingerprint density at radius 3 is 2.70 bits per heavy atom. The number of aromatic nitrogens is 1. The second kappa shape index (κ2) is 6.24. The topological polar surface area (TPSA) is 51.2 Å². The molecule has 0 aliphatic rings. The fourth-order valence-corrected chi connectivity index (χ4v) is 2.40. The highest BCUT2D eigenvalue weighted by molar-refractivity contribution is 9.10. The van der Waals surface area contributed by atoms with Crippen LogP contribution in [0.25, 0.3) is 0 Å². The molecule has 0 aliphatic carbocycles. The van der Waals surface area contributed by atoms with Crippen LogP contribution in [0.2, 0.25) is 5.15 Å². The van der Waals surface area contributed by atoms with E-state index in [0.717, 1.165) is 4.47 Å². The zero-order valence-corrected chi connectivity index (χ0v) is 13.2. The van der Waals surface area contributed by atoms with Gasteiger partial charge in [-0.1, -0.05) is 11.6 Å². The second-order valence-corrected chi connectivity index (χ2v) is 5.31. The van der Waals surface area contributed by atoms with Crippen molar-refractivity contribution in [2.24, 2.45) is 0 Å². The minimum absolute atomic E-state index is 0.222. The first kappa shape index (κ1) is 14.8. The van der Waals surface area contributed by atoms with Gasteiger partial charge in [-0.25, -0.2) is 4.98 Å². The summed E-state index contributed by atoms with van der Waals surface area (Å²) in [5.74, 6) is 0.450. The molecule has 0 unspecified atom stereocenters. The number of nitrogens with zero attached hydrogens (tertiary/aromatic N) is 1. The number of hydrogen-bond donors (Lipinski definition) is 1. The summed E-state index contributed by atoms with van der Waals surface area (Å²) in [4.78, 5) is 16.3. The maximum atomic E-state index is 12.2. The Morgan fingerprint density at radius 1 is 1.35 bits per heavy atom. The Bertz CT molecular complexity index is 662. The first-order valence-electron chi connectivity index (χ1n) is 5.79. The molecule has 6 heteroatoms. The molecule has 2 rings (SSSR count). The maximum Gasteiger partial charge on any atom is 0.255 e. The van der Waals surface area contributed by atoms with E-state index in [9.17, 15) is 4.79 Å². The van der Waals surface area contributed by atoms with E-state index in [-0.39, 0.29) is 5.91 Å².